The minimum absolute atomic E-state index is 0.132. The van der Waals surface area contributed by atoms with Crippen LogP contribution in [0.5, 0.6) is 0 Å². The van der Waals surface area contributed by atoms with Crippen molar-refractivity contribution in [3.05, 3.63) is 45.3 Å². The van der Waals surface area contributed by atoms with Crippen LogP contribution in [0.15, 0.2) is 17.2 Å². The smallest absolute Gasteiger partial charge is 0.153 e. The lowest BCUT2D eigenvalue weighted by molar-refractivity contribution is 0.111. The Labute approximate surface area is 89.5 Å². The van der Waals surface area contributed by atoms with Crippen molar-refractivity contribution in [1.29, 1.82) is 0 Å². The summed E-state index contributed by atoms with van der Waals surface area (Å²) in [7, 11) is 0. The summed E-state index contributed by atoms with van der Waals surface area (Å²) in [6.07, 6.45) is 0.218. The van der Waals surface area contributed by atoms with Crippen LogP contribution in [0, 0.1) is 23.5 Å². The van der Waals surface area contributed by atoms with Gasteiger partial charge in [0.2, 0.25) is 0 Å². The summed E-state index contributed by atoms with van der Waals surface area (Å²) in [5.74, 6) is 3.00. The van der Waals surface area contributed by atoms with Gasteiger partial charge < -0.3 is 0 Å². The average molecular weight is 221 g/mol. The first-order chi connectivity index (χ1) is 7.69. The molecule has 1 rings (SSSR count). The number of halogens is 2. The highest BCUT2D eigenvalue weighted by atomic mass is 19.1. The van der Waals surface area contributed by atoms with Crippen LogP contribution in [-0.4, -0.2) is 12.8 Å². The Morgan fingerprint density at radius 1 is 1.44 bits per heavy atom. The van der Waals surface area contributed by atoms with Crippen molar-refractivity contribution in [1.82, 2.24) is 0 Å². The summed E-state index contributed by atoms with van der Waals surface area (Å²) in [4.78, 5) is 12.7. The molecule has 0 spiro atoms. The van der Waals surface area contributed by atoms with E-state index in [1.54, 1.807) is 0 Å². The zero-order chi connectivity index (χ0) is 12.0. The van der Waals surface area contributed by atoms with Crippen LogP contribution in [0.3, 0.4) is 0 Å². The molecule has 16 heavy (non-hydrogen) atoms. The van der Waals surface area contributed by atoms with E-state index in [1.165, 1.54) is 0 Å². The third kappa shape index (κ3) is 2.80. The summed E-state index contributed by atoms with van der Waals surface area (Å²) in [5.41, 5.74) is 7.40. The van der Waals surface area contributed by atoms with Crippen LogP contribution < -0.4 is 0 Å². The van der Waals surface area contributed by atoms with Gasteiger partial charge in [-0.15, -0.1) is 0 Å². The van der Waals surface area contributed by atoms with Crippen molar-refractivity contribution in [3.8, 4) is 11.8 Å². The van der Waals surface area contributed by atoms with Gasteiger partial charge >= 0.3 is 0 Å². The molecule has 0 aliphatic heterocycles. The normalized spacial score (nSPS) is 8.62. The predicted molar refractivity (Wildman–Crippen MR) is 52.6 cm³/mol. The minimum atomic E-state index is -0.843. The quantitative estimate of drug-likeness (QED) is 0.248. The number of hydrogen-bond donors (Lipinski definition) is 0. The van der Waals surface area contributed by atoms with Crippen LogP contribution in [0.1, 0.15) is 15.9 Å². The van der Waals surface area contributed by atoms with Gasteiger partial charge in [0.25, 0.3) is 0 Å². The fourth-order valence-electron chi connectivity index (χ4n) is 0.950. The monoisotopic (exact) mass is 221 g/mol. The number of aldehydes is 1. The maximum Gasteiger partial charge on any atom is 0.153 e. The van der Waals surface area contributed by atoms with Gasteiger partial charge in [-0.25, -0.2) is 8.78 Å². The third-order valence-electron chi connectivity index (χ3n) is 1.65. The number of carbonyl (C=O) groups excluding carboxylic acids is 1. The Bertz CT molecular complexity index is 525. The van der Waals surface area contributed by atoms with Gasteiger partial charge in [-0.2, -0.15) is 0 Å². The largest absolute Gasteiger partial charge is 0.298 e. The molecular weight excluding hydrogens is 216 g/mol. The van der Waals surface area contributed by atoms with Gasteiger partial charge in [0.05, 0.1) is 17.7 Å². The van der Waals surface area contributed by atoms with E-state index < -0.39 is 11.6 Å². The summed E-state index contributed by atoms with van der Waals surface area (Å²) in [6.45, 7) is -0.132. The number of rotatable bonds is 2. The molecule has 0 bridgehead atoms. The molecule has 1 aromatic rings. The van der Waals surface area contributed by atoms with Crippen LogP contribution in [-0.2, 0) is 0 Å². The standard InChI is InChI=1S/C10H5F2N3O/c11-9-5-8(6-16)10(12)4-7(9)2-1-3-14-15-13/h4-6H,3H2. The molecule has 0 saturated heterocycles. The van der Waals surface area contributed by atoms with Crippen molar-refractivity contribution in [2.24, 2.45) is 5.11 Å². The first-order valence-corrected chi connectivity index (χ1v) is 4.13. The van der Waals surface area contributed by atoms with Crippen molar-refractivity contribution in [3.63, 3.8) is 0 Å². The first kappa shape index (κ1) is 11.7. The van der Waals surface area contributed by atoms with Crippen LogP contribution in [0.25, 0.3) is 10.4 Å². The number of nitrogens with zero attached hydrogens (tertiary/aromatic N) is 3. The highest BCUT2D eigenvalue weighted by Gasteiger charge is 2.07. The zero-order valence-electron chi connectivity index (χ0n) is 7.94. The molecule has 0 amide bonds. The van der Waals surface area contributed by atoms with E-state index in [1.807, 2.05) is 0 Å². The SMILES string of the molecule is [N-]=[N+]=NCC#Cc1cc(F)c(C=O)cc1F. The molecule has 0 radical (unpaired) electrons. The molecule has 0 aliphatic rings. The summed E-state index contributed by atoms with van der Waals surface area (Å²) < 4.78 is 26.3. The van der Waals surface area contributed by atoms with E-state index in [2.05, 4.69) is 21.9 Å². The summed E-state index contributed by atoms with van der Waals surface area (Å²) >= 11 is 0. The summed E-state index contributed by atoms with van der Waals surface area (Å²) in [6, 6.07) is 1.59. The highest BCUT2D eigenvalue weighted by molar-refractivity contribution is 5.75. The highest BCUT2D eigenvalue weighted by Crippen LogP contribution is 2.12. The fraction of sp³-hybridized carbons (Fsp3) is 0.100. The van der Waals surface area contributed by atoms with E-state index in [4.69, 9.17) is 5.53 Å². The maximum atomic E-state index is 13.2. The van der Waals surface area contributed by atoms with Crippen LogP contribution in [0.2, 0.25) is 0 Å². The third-order valence-corrected chi connectivity index (χ3v) is 1.65. The minimum Gasteiger partial charge on any atom is -0.298 e. The Kier molecular flexibility index (Phi) is 4.01. The van der Waals surface area contributed by atoms with Crippen molar-refractivity contribution in [2.75, 3.05) is 6.54 Å². The molecule has 0 aliphatic carbocycles. The maximum absolute atomic E-state index is 13.2. The molecule has 0 saturated carbocycles. The molecule has 0 atom stereocenters. The molecule has 1 aromatic carbocycles. The fourth-order valence-corrected chi connectivity index (χ4v) is 0.950. The first-order valence-electron chi connectivity index (χ1n) is 4.13. The lowest BCUT2D eigenvalue weighted by Crippen LogP contribution is -1.93. The van der Waals surface area contributed by atoms with Gasteiger partial charge in [-0.3, -0.25) is 4.79 Å². The molecule has 0 fully saturated rings. The Balaban J connectivity index is 3.04. The van der Waals surface area contributed by atoms with Crippen molar-refractivity contribution in [2.45, 2.75) is 0 Å². The van der Waals surface area contributed by atoms with Crippen molar-refractivity contribution >= 4 is 6.29 Å². The molecule has 0 N–H and O–H groups in total. The van der Waals surface area contributed by atoms with Crippen LogP contribution in [0.4, 0.5) is 8.78 Å². The van der Waals surface area contributed by atoms with Gasteiger partial charge in [-0.05, 0) is 17.7 Å². The molecule has 80 valence electrons. The molecule has 6 heteroatoms. The van der Waals surface area contributed by atoms with Gasteiger partial charge in [0, 0.05) is 4.91 Å². The topological polar surface area (TPSA) is 65.8 Å². The number of azide groups is 1. The second kappa shape index (κ2) is 5.49. The lowest BCUT2D eigenvalue weighted by atomic mass is 10.1. The molecule has 4 nitrogen and oxygen atoms in total. The van der Waals surface area contributed by atoms with E-state index in [-0.39, 0.29) is 24.0 Å². The predicted octanol–water partition coefficient (Wildman–Crippen LogP) is 2.44. The zero-order valence-corrected chi connectivity index (χ0v) is 7.94. The number of hydrogen-bond acceptors (Lipinski definition) is 2. The number of benzene rings is 1. The average Bonchev–Trinajstić information content (AvgIpc) is 2.28. The van der Waals surface area contributed by atoms with Gasteiger partial charge in [0.15, 0.2) is 6.29 Å². The Morgan fingerprint density at radius 3 is 2.81 bits per heavy atom. The molecular formula is C10H5F2N3O. The van der Waals surface area contributed by atoms with Crippen LogP contribution >= 0.6 is 0 Å². The molecule has 0 aromatic heterocycles. The van der Waals surface area contributed by atoms with Gasteiger partial charge in [-0.1, -0.05) is 17.0 Å². The number of carbonyl (C=O) groups is 1. The van der Waals surface area contributed by atoms with E-state index >= 15 is 0 Å². The lowest BCUT2D eigenvalue weighted by Gasteiger charge is -1.97. The Hall–Kier alpha value is -2.38. The van der Waals surface area contributed by atoms with Crippen molar-refractivity contribution < 1.29 is 13.6 Å². The van der Waals surface area contributed by atoms with Gasteiger partial charge in [0.1, 0.15) is 11.6 Å². The Morgan fingerprint density at radius 2 is 2.19 bits per heavy atom. The molecule has 0 heterocycles. The second-order valence-corrected chi connectivity index (χ2v) is 2.66. The second-order valence-electron chi connectivity index (χ2n) is 2.66. The van der Waals surface area contributed by atoms with E-state index in [0.717, 1.165) is 12.1 Å². The van der Waals surface area contributed by atoms with E-state index in [0.29, 0.717) is 0 Å². The van der Waals surface area contributed by atoms with E-state index in [9.17, 15) is 13.6 Å². The molecule has 0 unspecified atom stereocenters. The summed E-state index contributed by atoms with van der Waals surface area (Å²) in [5, 5.41) is 3.11.